The Bertz CT molecular complexity index is 1340. The van der Waals surface area contributed by atoms with Crippen molar-refractivity contribution in [2.75, 3.05) is 32.0 Å². The van der Waals surface area contributed by atoms with Crippen molar-refractivity contribution < 1.29 is 34.1 Å². The van der Waals surface area contributed by atoms with E-state index in [1.165, 1.54) is 10.9 Å². The Kier molecular flexibility index (Phi) is 8.01. The maximum absolute atomic E-state index is 12.3. The molecule has 0 radical (unpaired) electrons. The Morgan fingerprint density at radius 1 is 1.27 bits per heavy atom. The van der Waals surface area contributed by atoms with E-state index in [0.717, 1.165) is 12.8 Å². The van der Waals surface area contributed by atoms with Gasteiger partial charge in [-0.1, -0.05) is 5.92 Å². The molecule has 3 amide bonds. The number of amides is 3. The van der Waals surface area contributed by atoms with Crippen LogP contribution >= 0.6 is 0 Å². The molecule has 6 N–H and O–H groups in total. The highest BCUT2D eigenvalue weighted by Gasteiger charge is 2.47. The number of hydrogen-bond donors (Lipinski definition) is 5. The van der Waals surface area contributed by atoms with Gasteiger partial charge in [-0.05, 0) is 31.6 Å². The van der Waals surface area contributed by atoms with E-state index < -0.39 is 30.4 Å². The van der Waals surface area contributed by atoms with E-state index >= 15 is 0 Å². The maximum Gasteiger partial charge on any atom is 0.409 e. The van der Waals surface area contributed by atoms with Gasteiger partial charge in [0.15, 0.2) is 23.8 Å². The average molecular weight is 557 g/mol. The molecule has 5 unspecified atom stereocenters. The molecule has 5 rings (SSSR count). The van der Waals surface area contributed by atoms with Crippen LogP contribution in [0.25, 0.3) is 11.2 Å². The van der Waals surface area contributed by atoms with Gasteiger partial charge in [-0.15, -0.1) is 0 Å². The number of nitrogens with two attached hydrogens (primary N) is 1. The number of likely N-dealkylation sites (N-methyl/N-ethyl adjacent to an activating group) is 1. The minimum absolute atomic E-state index is 0.0329. The second-order valence-corrected chi connectivity index (χ2v) is 10.1. The van der Waals surface area contributed by atoms with E-state index in [0.29, 0.717) is 32.5 Å². The van der Waals surface area contributed by atoms with E-state index in [9.17, 15) is 24.6 Å². The van der Waals surface area contributed by atoms with Gasteiger partial charge in [0.25, 0.3) is 5.91 Å². The number of imidazole rings is 1. The molecular formula is C25H32N8O7. The van der Waals surface area contributed by atoms with Gasteiger partial charge in [0.05, 0.1) is 18.8 Å². The fraction of sp³-hybridized carbons (Fsp3) is 0.600. The fourth-order valence-electron chi connectivity index (χ4n) is 4.95. The first-order valence-electron chi connectivity index (χ1n) is 13.2. The van der Waals surface area contributed by atoms with Crippen LogP contribution in [0.15, 0.2) is 6.33 Å². The summed E-state index contributed by atoms with van der Waals surface area (Å²) in [5.41, 5.74) is 6.61. The molecule has 214 valence electrons. The third kappa shape index (κ3) is 5.64. The smallest absolute Gasteiger partial charge is 0.409 e. The Hall–Kier alpha value is -4.00. The van der Waals surface area contributed by atoms with E-state index in [4.69, 9.17) is 15.2 Å². The number of carbonyl (C=O) groups is 3. The van der Waals surface area contributed by atoms with Crippen LogP contribution in [0.4, 0.5) is 10.6 Å². The van der Waals surface area contributed by atoms with Gasteiger partial charge in [0, 0.05) is 26.1 Å². The number of nitrogens with one attached hydrogen (secondary N) is 2. The molecule has 2 aromatic heterocycles. The van der Waals surface area contributed by atoms with Gasteiger partial charge in [-0.25, -0.2) is 19.7 Å². The molecule has 0 aromatic carbocycles. The summed E-state index contributed by atoms with van der Waals surface area (Å²) < 4.78 is 12.4. The van der Waals surface area contributed by atoms with Gasteiger partial charge in [-0.3, -0.25) is 14.2 Å². The van der Waals surface area contributed by atoms with Crippen molar-refractivity contribution in [3.8, 4) is 11.8 Å². The number of nitrogen functional groups attached to an aromatic ring is 1. The third-order valence-electron chi connectivity index (χ3n) is 7.24. The zero-order valence-electron chi connectivity index (χ0n) is 21.9. The number of likely N-dealkylation sites (tertiary alicyclic amines) is 1. The highest BCUT2D eigenvalue weighted by atomic mass is 16.6. The number of aliphatic hydroxyl groups is 2. The second kappa shape index (κ2) is 11.6. The predicted molar refractivity (Wildman–Crippen MR) is 138 cm³/mol. The number of aromatic nitrogens is 4. The summed E-state index contributed by atoms with van der Waals surface area (Å²) in [7, 11) is 0. The third-order valence-corrected chi connectivity index (χ3v) is 7.24. The standard InChI is InChI=1S/C25H32N8O7/c1-2-27-23(37)20-18(35)19(36)24(40-20)33-12-28-17-21(26)30-15(31-22(17)33)5-3-4-13-6-8-32(9-7-13)25(38)39-11-14-10-16(34)29-14/h12-14,18-20,24,35-36H,2,4,6-11H2,1H3,(H,27,37)(H,29,34)(H2,26,30,31). The molecule has 0 spiro atoms. The summed E-state index contributed by atoms with van der Waals surface area (Å²) >= 11 is 0. The normalized spacial score (nSPS) is 26.5. The first-order chi connectivity index (χ1) is 19.2. The topological polar surface area (TPSA) is 207 Å². The highest BCUT2D eigenvalue weighted by molar-refractivity contribution is 5.83. The van der Waals surface area contributed by atoms with Crippen LogP contribution in [0.5, 0.6) is 0 Å². The van der Waals surface area contributed by atoms with E-state index in [2.05, 4.69) is 37.4 Å². The monoisotopic (exact) mass is 556 g/mol. The van der Waals surface area contributed by atoms with Crippen LogP contribution < -0.4 is 16.4 Å². The Morgan fingerprint density at radius 3 is 2.73 bits per heavy atom. The first kappa shape index (κ1) is 27.6. The van der Waals surface area contributed by atoms with Crippen molar-refractivity contribution in [1.82, 2.24) is 35.1 Å². The predicted octanol–water partition coefficient (Wildman–Crippen LogP) is -1.36. The minimum atomic E-state index is -1.44. The number of piperidine rings is 1. The van der Waals surface area contributed by atoms with Crippen LogP contribution in [-0.2, 0) is 19.1 Å². The van der Waals surface area contributed by atoms with Crippen LogP contribution in [0.3, 0.4) is 0 Å². The molecule has 15 nitrogen and oxygen atoms in total. The zero-order chi connectivity index (χ0) is 28.4. The molecule has 2 aromatic rings. The van der Waals surface area contributed by atoms with Gasteiger partial charge < -0.3 is 41.0 Å². The van der Waals surface area contributed by atoms with Gasteiger partial charge in [0.2, 0.25) is 11.7 Å². The van der Waals surface area contributed by atoms with Crippen molar-refractivity contribution in [2.45, 2.75) is 63.2 Å². The summed E-state index contributed by atoms with van der Waals surface area (Å²) in [4.78, 5) is 50.0. The lowest BCUT2D eigenvalue weighted by Crippen LogP contribution is -2.52. The van der Waals surface area contributed by atoms with Crippen molar-refractivity contribution in [2.24, 2.45) is 5.92 Å². The Labute approximate surface area is 229 Å². The van der Waals surface area contributed by atoms with Crippen molar-refractivity contribution in [1.29, 1.82) is 0 Å². The molecule has 3 saturated heterocycles. The molecule has 3 aliphatic rings. The molecule has 40 heavy (non-hydrogen) atoms. The molecular weight excluding hydrogens is 524 g/mol. The van der Waals surface area contributed by atoms with Crippen LogP contribution in [0.1, 0.15) is 44.7 Å². The lowest BCUT2D eigenvalue weighted by Gasteiger charge is -2.32. The summed E-state index contributed by atoms with van der Waals surface area (Å²) in [5, 5.41) is 26.2. The largest absolute Gasteiger partial charge is 0.447 e. The number of anilines is 1. The molecule has 0 saturated carbocycles. The van der Waals surface area contributed by atoms with E-state index in [1.54, 1.807) is 11.8 Å². The second-order valence-electron chi connectivity index (χ2n) is 10.1. The number of rotatable bonds is 6. The zero-order valence-corrected chi connectivity index (χ0v) is 21.9. The highest BCUT2D eigenvalue weighted by Crippen LogP contribution is 2.32. The lowest BCUT2D eigenvalue weighted by molar-refractivity contribution is -0.137. The summed E-state index contributed by atoms with van der Waals surface area (Å²) in [6.45, 7) is 3.38. The Balaban J connectivity index is 1.19. The average Bonchev–Trinajstić information content (AvgIpc) is 3.47. The molecule has 0 bridgehead atoms. The van der Waals surface area contributed by atoms with E-state index in [1.807, 2.05) is 0 Å². The van der Waals surface area contributed by atoms with Crippen LogP contribution in [-0.4, -0.2) is 103 Å². The molecule has 5 atom stereocenters. The fourth-order valence-corrected chi connectivity index (χ4v) is 4.95. The number of β-lactam (4-membered cyclic amide) rings is 1. The van der Waals surface area contributed by atoms with Gasteiger partial charge in [0.1, 0.15) is 24.3 Å². The SMILES string of the molecule is CCNC(=O)C1OC(n2cnc3c(N)nc(C#CCC4CCN(C(=O)OCC5CC(=O)N5)CC4)nc32)C(O)C1O. The minimum Gasteiger partial charge on any atom is -0.447 e. The molecule has 15 heteroatoms. The number of hydrogen-bond acceptors (Lipinski definition) is 11. The molecule has 3 aliphatic heterocycles. The number of nitrogens with zero attached hydrogens (tertiary/aromatic N) is 5. The van der Waals surface area contributed by atoms with Gasteiger partial charge in [-0.2, -0.15) is 0 Å². The summed E-state index contributed by atoms with van der Waals surface area (Å²) in [6, 6.07) is -0.0926. The quantitative estimate of drug-likeness (QED) is 0.207. The van der Waals surface area contributed by atoms with Crippen molar-refractivity contribution >= 4 is 34.9 Å². The number of ether oxygens (including phenoxy) is 2. The number of fused-ring (bicyclic) bond motifs is 1. The lowest BCUT2D eigenvalue weighted by atomic mass is 9.94. The van der Waals surface area contributed by atoms with Crippen molar-refractivity contribution in [3.63, 3.8) is 0 Å². The summed E-state index contributed by atoms with van der Waals surface area (Å²) in [5.74, 6) is 5.98. The van der Waals surface area contributed by atoms with Crippen molar-refractivity contribution in [3.05, 3.63) is 12.2 Å². The molecule has 5 heterocycles. The molecule has 3 fully saturated rings. The Morgan fingerprint density at radius 2 is 2.02 bits per heavy atom. The first-order valence-corrected chi connectivity index (χ1v) is 13.2. The van der Waals surface area contributed by atoms with Crippen LogP contribution in [0, 0.1) is 17.8 Å². The summed E-state index contributed by atoms with van der Waals surface area (Å²) in [6.07, 6.45) is -1.74. The molecule has 0 aliphatic carbocycles. The maximum atomic E-state index is 12.3. The van der Waals surface area contributed by atoms with Crippen LogP contribution in [0.2, 0.25) is 0 Å². The number of carbonyl (C=O) groups excluding carboxylic acids is 3. The van der Waals surface area contributed by atoms with Gasteiger partial charge >= 0.3 is 6.09 Å². The van der Waals surface area contributed by atoms with E-state index in [-0.39, 0.29) is 53.4 Å². The number of aliphatic hydroxyl groups excluding tert-OH is 2.